The minimum atomic E-state index is -1.05. The van der Waals surface area contributed by atoms with Gasteiger partial charge in [0, 0.05) is 44.2 Å². The Bertz CT molecular complexity index is 3240. The monoisotopic (exact) mass is 847 g/mol. The van der Waals surface area contributed by atoms with Gasteiger partial charge in [0.05, 0.1) is 21.3 Å². The molecule has 1 aromatic heterocycles. The number of hydrogen-bond acceptors (Lipinski definition) is 7. The lowest BCUT2D eigenvalue weighted by Crippen LogP contribution is -2.35. The second-order valence-corrected chi connectivity index (χ2v) is 17.0. The summed E-state index contributed by atoms with van der Waals surface area (Å²) in [4.78, 5) is 14.9. The van der Waals surface area contributed by atoms with Crippen molar-refractivity contribution in [2.75, 3.05) is 21.3 Å². The third kappa shape index (κ3) is 6.53. The third-order valence-corrected chi connectivity index (χ3v) is 13.0. The largest absolute Gasteiger partial charge is 0.497 e. The van der Waals surface area contributed by atoms with Crippen LogP contribution in [0.5, 0.6) is 23.0 Å². The van der Waals surface area contributed by atoms with E-state index in [1.807, 2.05) is 72.8 Å². The number of benzene rings is 8. The van der Waals surface area contributed by atoms with Gasteiger partial charge < -0.3 is 18.9 Å². The van der Waals surface area contributed by atoms with E-state index in [2.05, 4.69) is 123 Å². The van der Waals surface area contributed by atoms with Gasteiger partial charge in [-0.15, -0.1) is 0 Å². The van der Waals surface area contributed by atoms with Crippen LogP contribution in [0, 0.1) is 0 Å². The van der Waals surface area contributed by atoms with Crippen LogP contribution in [0.3, 0.4) is 0 Å². The van der Waals surface area contributed by atoms with Crippen molar-refractivity contribution in [3.05, 3.63) is 204 Å². The average Bonchev–Trinajstić information content (AvgIpc) is 3.62. The molecule has 11 rings (SSSR count). The zero-order valence-electron chi connectivity index (χ0n) is 36.8. The minimum Gasteiger partial charge on any atom is -0.497 e. The molecule has 1 aliphatic carbocycles. The smallest absolute Gasteiger partial charge is 0.178 e. The fourth-order valence-corrected chi connectivity index (χ4v) is 9.74. The Morgan fingerprint density at radius 2 is 0.969 bits per heavy atom. The highest BCUT2D eigenvalue weighted by atomic mass is 16.5. The maximum Gasteiger partial charge on any atom is 0.178 e. The second-order valence-electron chi connectivity index (χ2n) is 17.0. The Morgan fingerprint density at radius 1 is 0.477 bits per heavy atom. The first-order valence-corrected chi connectivity index (χ1v) is 21.8. The molecule has 8 aromatic carbocycles. The first kappa shape index (κ1) is 39.8. The van der Waals surface area contributed by atoms with E-state index in [1.54, 1.807) is 21.3 Å². The summed E-state index contributed by atoms with van der Waals surface area (Å²) in [6.07, 6.45) is 4.47. The van der Waals surface area contributed by atoms with Gasteiger partial charge in [0.1, 0.15) is 11.5 Å². The average molecular weight is 848 g/mol. The molecule has 1 unspecified atom stereocenters. The number of rotatable bonds is 9. The molecule has 0 radical (unpaired) electrons. The van der Waals surface area contributed by atoms with Crippen LogP contribution < -0.4 is 18.9 Å². The number of fused-ring (bicyclic) bond motifs is 8. The normalized spacial score (nSPS) is 15.4. The molecule has 316 valence electrons. The predicted molar refractivity (Wildman–Crippen MR) is 260 cm³/mol. The molecule has 0 N–H and O–H groups in total. The van der Waals surface area contributed by atoms with E-state index in [4.69, 9.17) is 33.9 Å². The standard InChI is InChI=1S/C58H45N3O4/c1-57(2)48-33-40(36-15-9-6-10-16-36)23-30-44(48)51-46-34-49(63-4)50(64-5)35-47(46)53-45(52(51)57)31-32-58(65-53,42-26-28-43(62-3)29-27-42)41-24-21-39(22-25-41)56-60-54(37-17-11-7-12-18-37)59-55(61-56)38-19-13-8-14-20-38/h6-35H,1-5H3. The molecule has 7 nitrogen and oxygen atoms in total. The number of hydrogen-bond donors (Lipinski definition) is 0. The van der Waals surface area contributed by atoms with E-state index in [0.717, 1.165) is 55.7 Å². The lowest BCUT2D eigenvalue weighted by atomic mass is 9.76. The van der Waals surface area contributed by atoms with Crippen LogP contribution in [0.2, 0.25) is 0 Å². The van der Waals surface area contributed by atoms with E-state index < -0.39 is 5.60 Å². The summed E-state index contributed by atoms with van der Waals surface area (Å²) >= 11 is 0. The molecule has 2 heterocycles. The van der Waals surface area contributed by atoms with Crippen LogP contribution in [-0.2, 0) is 11.0 Å². The number of methoxy groups -OCH3 is 3. The van der Waals surface area contributed by atoms with Gasteiger partial charge in [-0.3, -0.25) is 0 Å². The van der Waals surface area contributed by atoms with E-state index >= 15 is 0 Å². The molecule has 1 aliphatic heterocycles. The molecule has 0 saturated heterocycles. The molecule has 0 spiro atoms. The van der Waals surface area contributed by atoms with Crippen molar-refractivity contribution < 1.29 is 18.9 Å². The molecular weight excluding hydrogens is 803 g/mol. The first-order valence-electron chi connectivity index (χ1n) is 21.8. The van der Waals surface area contributed by atoms with E-state index in [-0.39, 0.29) is 5.41 Å². The summed E-state index contributed by atoms with van der Waals surface area (Å²) in [7, 11) is 5.04. The summed E-state index contributed by atoms with van der Waals surface area (Å²) in [6, 6.07) is 58.2. The molecular formula is C58H45N3O4. The first-order chi connectivity index (χ1) is 31.8. The molecule has 0 fully saturated rings. The Labute approximate surface area is 378 Å². The van der Waals surface area contributed by atoms with Crippen molar-refractivity contribution in [2.45, 2.75) is 24.9 Å². The number of nitrogens with zero attached hydrogens (tertiary/aromatic N) is 3. The minimum absolute atomic E-state index is 0.377. The highest BCUT2D eigenvalue weighted by molar-refractivity contribution is 6.10. The van der Waals surface area contributed by atoms with Crippen molar-refractivity contribution in [1.29, 1.82) is 0 Å². The highest BCUT2D eigenvalue weighted by Gasteiger charge is 2.45. The van der Waals surface area contributed by atoms with Gasteiger partial charge in [-0.1, -0.05) is 159 Å². The van der Waals surface area contributed by atoms with Crippen molar-refractivity contribution in [3.8, 4) is 79.4 Å². The summed E-state index contributed by atoms with van der Waals surface area (Å²) in [5.74, 6) is 4.59. The third-order valence-electron chi connectivity index (χ3n) is 13.0. The van der Waals surface area contributed by atoms with Crippen molar-refractivity contribution in [2.24, 2.45) is 0 Å². The maximum absolute atomic E-state index is 7.70. The number of aromatic nitrogens is 3. The van der Waals surface area contributed by atoms with Crippen LogP contribution in [0.15, 0.2) is 176 Å². The van der Waals surface area contributed by atoms with E-state index in [0.29, 0.717) is 29.0 Å². The Hall–Kier alpha value is -8.03. The van der Waals surface area contributed by atoms with Gasteiger partial charge in [-0.2, -0.15) is 0 Å². The van der Waals surface area contributed by atoms with Crippen LogP contribution >= 0.6 is 0 Å². The second kappa shape index (κ2) is 15.6. The Balaban J connectivity index is 1.10. The molecule has 1 atom stereocenters. The molecule has 0 bridgehead atoms. The van der Waals surface area contributed by atoms with Crippen LogP contribution in [-0.4, -0.2) is 36.3 Å². The molecule has 9 aromatic rings. The molecule has 65 heavy (non-hydrogen) atoms. The van der Waals surface area contributed by atoms with Gasteiger partial charge in [-0.25, -0.2) is 15.0 Å². The fraction of sp³-hybridized carbons (Fsp3) is 0.121. The van der Waals surface area contributed by atoms with Crippen molar-refractivity contribution >= 4 is 16.8 Å². The molecule has 7 heteroatoms. The highest BCUT2D eigenvalue weighted by Crippen LogP contribution is 2.59. The van der Waals surface area contributed by atoms with Crippen molar-refractivity contribution in [3.63, 3.8) is 0 Å². The van der Waals surface area contributed by atoms with Crippen LogP contribution in [0.1, 0.15) is 41.7 Å². The fourth-order valence-electron chi connectivity index (χ4n) is 9.74. The van der Waals surface area contributed by atoms with E-state index in [1.165, 1.54) is 33.4 Å². The van der Waals surface area contributed by atoms with Gasteiger partial charge in [0.25, 0.3) is 0 Å². The Morgan fingerprint density at radius 3 is 1.51 bits per heavy atom. The topological polar surface area (TPSA) is 75.6 Å². The summed E-state index contributed by atoms with van der Waals surface area (Å²) in [6.45, 7) is 4.65. The Kier molecular flexibility index (Phi) is 9.58. The number of ether oxygens (including phenoxy) is 4. The van der Waals surface area contributed by atoms with Gasteiger partial charge in [0.15, 0.2) is 34.6 Å². The molecule has 2 aliphatic rings. The van der Waals surface area contributed by atoms with Gasteiger partial charge in [0.2, 0.25) is 0 Å². The molecule has 0 amide bonds. The zero-order valence-corrected chi connectivity index (χ0v) is 36.8. The quantitative estimate of drug-likeness (QED) is 0.143. The van der Waals surface area contributed by atoms with Gasteiger partial charge in [-0.05, 0) is 75.2 Å². The summed E-state index contributed by atoms with van der Waals surface area (Å²) in [5, 5.41) is 1.96. The van der Waals surface area contributed by atoms with Crippen LogP contribution in [0.25, 0.3) is 73.3 Å². The zero-order chi connectivity index (χ0) is 44.3. The predicted octanol–water partition coefficient (Wildman–Crippen LogP) is 13.4. The lowest BCUT2D eigenvalue weighted by Gasteiger charge is -2.38. The lowest BCUT2D eigenvalue weighted by molar-refractivity contribution is 0.163. The summed E-state index contributed by atoms with van der Waals surface area (Å²) in [5.41, 5.74) is 11.4. The van der Waals surface area contributed by atoms with Gasteiger partial charge >= 0.3 is 0 Å². The van der Waals surface area contributed by atoms with Crippen LogP contribution in [0.4, 0.5) is 0 Å². The van der Waals surface area contributed by atoms with E-state index in [9.17, 15) is 0 Å². The molecule has 0 saturated carbocycles. The SMILES string of the molecule is COc1ccc(C2(c3ccc(-c4nc(-c5ccccc5)nc(-c5ccccc5)n4)cc3)C=Cc3c4c(c5cc(OC)c(OC)cc5c3O2)-c2ccc(-c3ccccc3)cc2C4(C)C)cc1. The maximum atomic E-state index is 7.70. The summed E-state index contributed by atoms with van der Waals surface area (Å²) < 4.78 is 25.3. The van der Waals surface area contributed by atoms with Crippen molar-refractivity contribution in [1.82, 2.24) is 15.0 Å².